The molecule has 0 spiro atoms. The van der Waals surface area contributed by atoms with Crippen LogP contribution in [0.1, 0.15) is 31.2 Å². The van der Waals surface area contributed by atoms with Gasteiger partial charge in [0.15, 0.2) is 0 Å². The van der Waals surface area contributed by atoms with Crippen LogP contribution in [0.15, 0.2) is 6.20 Å². The first-order valence-electron chi connectivity index (χ1n) is 6.38. The lowest BCUT2D eigenvalue weighted by molar-refractivity contribution is 0.364. The number of nitrogens with zero attached hydrogens (tertiary/aromatic N) is 3. The van der Waals surface area contributed by atoms with Gasteiger partial charge in [0.1, 0.15) is 5.82 Å². The molecule has 1 aliphatic rings. The summed E-state index contributed by atoms with van der Waals surface area (Å²) in [7, 11) is 0. The number of hydrogen-bond acceptors (Lipinski definition) is 4. The molecule has 4 heteroatoms. The van der Waals surface area contributed by atoms with E-state index in [1.807, 2.05) is 20.0 Å². The number of nitrogens with two attached hydrogens (primary N) is 1. The summed E-state index contributed by atoms with van der Waals surface area (Å²) in [6, 6.07) is 0.412. The van der Waals surface area contributed by atoms with Gasteiger partial charge in [0.2, 0.25) is 0 Å². The number of rotatable bonds is 2. The predicted octanol–water partition coefficient (Wildman–Crippen LogP) is 1.66. The molecule has 94 valence electrons. The van der Waals surface area contributed by atoms with Gasteiger partial charge >= 0.3 is 0 Å². The maximum absolute atomic E-state index is 5.87. The molecule has 0 amide bonds. The lowest BCUT2D eigenvalue weighted by Gasteiger charge is -2.38. The molecule has 1 aromatic rings. The summed E-state index contributed by atoms with van der Waals surface area (Å²) in [6.07, 6.45) is 4.25. The lowest BCUT2D eigenvalue weighted by Crippen LogP contribution is -2.46. The van der Waals surface area contributed by atoms with Crippen molar-refractivity contribution in [2.45, 2.75) is 39.7 Å². The second-order valence-corrected chi connectivity index (χ2v) is 5.11. The van der Waals surface area contributed by atoms with E-state index in [-0.39, 0.29) is 0 Å². The first kappa shape index (κ1) is 12.3. The minimum absolute atomic E-state index is 0.412. The number of anilines is 1. The van der Waals surface area contributed by atoms with E-state index in [9.17, 15) is 0 Å². The fourth-order valence-electron chi connectivity index (χ4n) is 2.44. The van der Waals surface area contributed by atoms with Gasteiger partial charge < -0.3 is 10.6 Å². The van der Waals surface area contributed by atoms with Crippen LogP contribution in [0, 0.1) is 19.8 Å². The van der Waals surface area contributed by atoms with E-state index in [2.05, 4.69) is 21.8 Å². The Hall–Kier alpha value is -1.16. The van der Waals surface area contributed by atoms with Crippen LogP contribution in [0.25, 0.3) is 0 Å². The summed E-state index contributed by atoms with van der Waals surface area (Å²) in [5.41, 5.74) is 7.89. The number of aryl methyl sites for hydroxylation is 2. The molecule has 17 heavy (non-hydrogen) atoms. The average Bonchev–Trinajstić information content (AvgIpc) is 2.32. The molecular formula is C13H22N4. The van der Waals surface area contributed by atoms with Crippen LogP contribution >= 0.6 is 0 Å². The maximum Gasteiger partial charge on any atom is 0.147 e. The average molecular weight is 234 g/mol. The van der Waals surface area contributed by atoms with Crippen LogP contribution in [0.3, 0.4) is 0 Å². The molecule has 2 unspecified atom stereocenters. The fraction of sp³-hybridized carbons (Fsp3) is 0.692. The van der Waals surface area contributed by atoms with E-state index in [1.54, 1.807) is 0 Å². The molecule has 0 aliphatic carbocycles. The number of piperidine rings is 1. The zero-order valence-electron chi connectivity index (χ0n) is 11.0. The summed E-state index contributed by atoms with van der Waals surface area (Å²) < 4.78 is 0. The van der Waals surface area contributed by atoms with Gasteiger partial charge in [-0.15, -0.1) is 0 Å². The van der Waals surface area contributed by atoms with Crippen molar-refractivity contribution in [2.75, 3.05) is 18.0 Å². The Labute approximate surface area is 103 Å². The van der Waals surface area contributed by atoms with Gasteiger partial charge in [-0.25, -0.2) is 4.98 Å². The standard InChI is InChI=1S/C13H22N4/c1-9-4-5-17(12(6-9)7-14)13-8-15-10(2)11(3)16-13/h8-9,12H,4-7,14H2,1-3H3. The third kappa shape index (κ3) is 2.57. The van der Waals surface area contributed by atoms with Crippen LogP contribution in [-0.4, -0.2) is 29.1 Å². The Morgan fingerprint density at radius 3 is 2.82 bits per heavy atom. The third-order valence-electron chi connectivity index (χ3n) is 3.72. The van der Waals surface area contributed by atoms with Gasteiger partial charge in [-0.05, 0) is 32.6 Å². The highest BCUT2D eigenvalue weighted by molar-refractivity contribution is 5.39. The molecule has 2 heterocycles. The first-order valence-corrected chi connectivity index (χ1v) is 6.38. The van der Waals surface area contributed by atoms with Crippen LogP contribution < -0.4 is 10.6 Å². The van der Waals surface area contributed by atoms with Crippen molar-refractivity contribution < 1.29 is 0 Å². The van der Waals surface area contributed by atoms with E-state index < -0.39 is 0 Å². The molecule has 2 atom stereocenters. The van der Waals surface area contributed by atoms with Gasteiger partial charge in [-0.1, -0.05) is 6.92 Å². The zero-order valence-corrected chi connectivity index (χ0v) is 11.0. The van der Waals surface area contributed by atoms with E-state index in [4.69, 9.17) is 5.73 Å². The molecule has 4 nitrogen and oxygen atoms in total. The maximum atomic E-state index is 5.87. The van der Waals surface area contributed by atoms with Crippen molar-refractivity contribution in [2.24, 2.45) is 11.7 Å². The molecular weight excluding hydrogens is 212 g/mol. The molecule has 1 saturated heterocycles. The van der Waals surface area contributed by atoms with Crippen molar-refractivity contribution in [1.82, 2.24) is 9.97 Å². The highest BCUT2D eigenvalue weighted by Gasteiger charge is 2.26. The normalized spacial score (nSPS) is 25.1. The van der Waals surface area contributed by atoms with Crippen molar-refractivity contribution in [3.8, 4) is 0 Å². The molecule has 2 N–H and O–H groups in total. The number of aromatic nitrogens is 2. The molecule has 1 fully saturated rings. The van der Waals surface area contributed by atoms with Crippen molar-refractivity contribution >= 4 is 5.82 Å². The first-order chi connectivity index (χ1) is 8.11. The minimum Gasteiger partial charge on any atom is -0.351 e. The zero-order chi connectivity index (χ0) is 12.4. The Morgan fingerprint density at radius 1 is 1.41 bits per heavy atom. The predicted molar refractivity (Wildman–Crippen MR) is 70.1 cm³/mol. The van der Waals surface area contributed by atoms with Crippen LogP contribution in [0.2, 0.25) is 0 Å². The second-order valence-electron chi connectivity index (χ2n) is 5.11. The Morgan fingerprint density at radius 2 is 2.18 bits per heavy atom. The Bertz CT molecular complexity index is 391. The Balaban J connectivity index is 2.22. The van der Waals surface area contributed by atoms with Crippen LogP contribution in [-0.2, 0) is 0 Å². The second kappa shape index (κ2) is 5.00. The largest absolute Gasteiger partial charge is 0.351 e. The molecule has 0 bridgehead atoms. The summed E-state index contributed by atoms with van der Waals surface area (Å²) in [5, 5.41) is 0. The Kier molecular flexibility index (Phi) is 3.62. The number of hydrogen-bond donors (Lipinski definition) is 1. The third-order valence-corrected chi connectivity index (χ3v) is 3.72. The fourth-order valence-corrected chi connectivity index (χ4v) is 2.44. The van der Waals surface area contributed by atoms with E-state index in [0.717, 1.165) is 36.1 Å². The van der Waals surface area contributed by atoms with Crippen molar-refractivity contribution in [3.05, 3.63) is 17.6 Å². The van der Waals surface area contributed by atoms with Gasteiger partial charge in [-0.2, -0.15) is 0 Å². The van der Waals surface area contributed by atoms with E-state index >= 15 is 0 Å². The topological polar surface area (TPSA) is 55.0 Å². The van der Waals surface area contributed by atoms with Crippen molar-refractivity contribution in [3.63, 3.8) is 0 Å². The minimum atomic E-state index is 0.412. The molecule has 1 aromatic heterocycles. The van der Waals surface area contributed by atoms with Gasteiger partial charge in [0, 0.05) is 19.1 Å². The highest BCUT2D eigenvalue weighted by Crippen LogP contribution is 2.26. The van der Waals surface area contributed by atoms with Gasteiger partial charge in [0.05, 0.1) is 17.6 Å². The lowest BCUT2D eigenvalue weighted by atomic mass is 9.92. The smallest absolute Gasteiger partial charge is 0.147 e. The van der Waals surface area contributed by atoms with Crippen LogP contribution in [0.4, 0.5) is 5.82 Å². The highest BCUT2D eigenvalue weighted by atomic mass is 15.2. The summed E-state index contributed by atoms with van der Waals surface area (Å²) in [5.74, 6) is 1.75. The monoisotopic (exact) mass is 234 g/mol. The molecule has 0 aromatic carbocycles. The van der Waals surface area contributed by atoms with Crippen molar-refractivity contribution in [1.29, 1.82) is 0 Å². The molecule has 2 rings (SSSR count). The van der Waals surface area contributed by atoms with Crippen LogP contribution in [0.5, 0.6) is 0 Å². The quantitative estimate of drug-likeness (QED) is 0.845. The molecule has 1 aliphatic heterocycles. The van der Waals surface area contributed by atoms with E-state index in [0.29, 0.717) is 12.6 Å². The summed E-state index contributed by atoms with van der Waals surface area (Å²) in [6.45, 7) is 8.03. The van der Waals surface area contributed by atoms with Gasteiger partial charge in [0.25, 0.3) is 0 Å². The van der Waals surface area contributed by atoms with E-state index in [1.165, 1.54) is 6.42 Å². The van der Waals surface area contributed by atoms with Gasteiger partial charge in [-0.3, -0.25) is 4.98 Å². The SMILES string of the molecule is Cc1ncc(N2CCC(C)CC2CN)nc1C. The molecule has 0 saturated carbocycles. The summed E-state index contributed by atoms with van der Waals surface area (Å²) >= 11 is 0. The molecule has 0 radical (unpaired) electrons. The summed E-state index contributed by atoms with van der Waals surface area (Å²) in [4.78, 5) is 11.3.